The second kappa shape index (κ2) is 19.8. The minimum Gasteiger partial charge on any atom is -0.493 e. The fourth-order valence-corrected chi connectivity index (χ4v) is 9.39. The zero-order valence-electron chi connectivity index (χ0n) is 35.0. The molecule has 22 heteroatoms. The number of halogens is 4. The summed E-state index contributed by atoms with van der Waals surface area (Å²) in [5, 5.41) is 7.06. The molecule has 64 heavy (non-hydrogen) atoms. The lowest BCUT2D eigenvalue weighted by molar-refractivity contribution is 0.126. The highest BCUT2D eigenvalue weighted by Gasteiger charge is 2.30. The van der Waals surface area contributed by atoms with E-state index in [4.69, 9.17) is 42.1 Å². The van der Waals surface area contributed by atoms with Gasteiger partial charge in [0.05, 0.1) is 72.3 Å². The van der Waals surface area contributed by atoms with Gasteiger partial charge in [-0.05, 0) is 62.1 Å². The summed E-state index contributed by atoms with van der Waals surface area (Å²) in [5.74, 6) is 1.30. The average molecular weight is 962 g/mol. The Labute approximate surface area is 378 Å². The molecule has 6 aromatic rings. The third kappa shape index (κ3) is 10.9. The number of piperidine rings is 2. The van der Waals surface area contributed by atoms with E-state index in [9.17, 15) is 25.6 Å². The van der Waals surface area contributed by atoms with Crippen LogP contribution in [0.15, 0.2) is 73.3 Å². The van der Waals surface area contributed by atoms with E-state index < -0.39 is 31.7 Å². The Morgan fingerprint density at radius 3 is 1.41 bits per heavy atom. The molecule has 0 saturated carbocycles. The number of fused-ring (bicyclic) bond motifs is 2. The Balaban J connectivity index is 0.000000191. The van der Waals surface area contributed by atoms with Crippen LogP contribution in [-0.4, -0.2) is 111 Å². The predicted molar refractivity (Wildman–Crippen MR) is 242 cm³/mol. The molecule has 2 aliphatic heterocycles. The van der Waals surface area contributed by atoms with E-state index in [1.165, 1.54) is 60.1 Å². The van der Waals surface area contributed by atoms with Crippen LogP contribution in [0.2, 0.25) is 10.0 Å². The molecule has 0 spiro atoms. The molecule has 2 atom stereocenters. The van der Waals surface area contributed by atoms with Gasteiger partial charge in [-0.25, -0.2) is 45.6 Å². The van der Waals surface area contributed by atoms with Crippen LogP contribution in [0, 0.1) is 11.6 Å². The first-order chi connectivity index (χ1) is 30.5. The Hall–Kier alpha value is -5.38. The van der Waals surface area contributed by atoms with Crippen LogP contribution >= 0.6 is 23.2 Å². The van der Waals surface area contributed by atoms with Gasteiger partial charge in [0.25, 0.3) is 0 Å². The normalized spacial score (nSPS) is 17.3. The molecule has 340 valence electrons. The fraction of sp³-hybridized carbons (Fsp3) is 0.333. The van der Waals surface area contributed by atoms with Gasteiger partial charge in [0.2, 0.25) is 20.0 Å². The summed E-state index contributed by atoms with van der Waals surface area (Å²) < 4.78 is 103. The number of methoxy groups -OCH3 is 2. The maximum atomic E-state index is 14.4. The van der Waals surface area contributed by atoms with E-state index in [2.05, 4.69) is 30.6 Å². The lowest BCUT2D eigenvalue weighted by atomic mass is 10.1. The van der Waals surface area contributed by atoms with E-state index >= 15 is 0 Å². The quantitative estimate of drug-likeness (QED) is 0.120. The van der Waals surface area contributed by atoms with Gasteiger partial charge in [0.15, 0.2) is 34.6 Å². The maximum absolute atomic E-state index is 14.4. The van der Waals surface area contributed by atoms with E-state index in [1.807, 2.05) is 0 Å². The average Bonchev–Trinajstić information content (AvgIpc) is 3.26. The number of hydrogen-bond donors (Lipinski definition) is 2. The van der Waals surface area contributed by atoms with Crippen molar-refractivity contribution in [2.24, 2.45) is 0 Å². The van der Waals surface area contributed by atoms with Gasteiger partial charge >= 0.3 is 0 Å². The van der Waals surface area contributed by atoms with Gasteiger partial charge < -0.3 is 29.6 Å². The van der Waals surface area contributed by atoms with Gasteiger partial charge in [-0.3, -0.25) is 0 Å². The molecule has 0 radical (unpaired) electrons. The van der Waals surface area contributed by atoms with Crippen LogP contribution in [-0.2, 0) is 20.0 Å². The molecule has 2 N–H and O–H groups in total. The Kier molecular flexibility index (Phi) is 14.4. The number of aromatic nitrogens is 4. The van der Waals surface area contributed by atoms with Crippen molar-refractivity contribution in [3.05, 3.63) is 95.0 Å². The molecule has 0 aliphatic carbocycles. The molecule has 2 fully saturated rings. The lowest BCUT2D eigenvalue weighted by Gasteiger charge is -2.31. The minimum atomic E-state index is -3.30. The maximum Gasteiger partial charge on any atom is 0.211 e. The first-order valence-corrected chi connectivity index (χ1v) is 24.3. The smallest absolute Gasteiger partial charge is 0.211 e. The third-order valence-electron chi connectivity index (χ3n) is 10.5. The molecule has 8 rings (SSSR count). The number of nitrogens with zero attached hydrogens (tertiary/aromatic N) is 6. The summed E-state index contributed by atoms with van der Waals surface area (Å²) in [4.78, 5) is 17.0. The zero-order chi connectivity index (χ0) is 45.8. The van der Waals surface area contributed by atoms with Crippen molar-refractivity contribution >= 4 is 88.1 Å². The van der Waals surface area contributed by atoms with Gasteiger partial charge in [0.1, 0.15) is 36.5 Å². The van der Waals surface area contributed by atoms with Crippen molar-refractivity contribution < 1.29 is 44.6 Å². The molecule has 0 unspecified atom stereocenters. The number of anilines is 4. The van der Waals surface area contributed by atoms with E-state index in [0.29, 0.717) is 95.2 Å². The second-order valence-electron chi connectivity index (χ2n) is 14.9. The van der Waals surface area contributed by atoms with Crippen LogP contribution in [0.1, 0.15) is 25.7 Å². The number of hydrogen-bond acceptors (Lipinski definition) is 14. The summed E-state index contributed by atoms with van der Waals surface area (Å²) in [6, 6.07) is 16.1. The SMILES string of the molecule is COc1cc2ncnc(Nc3cccc(Cl)c3F)c2cc1O[C@@H]1CCCN(S(C)(=O)=O)C1.COc1cc2ncnc(Nc3cccc(Cl)c3F)c2cc1O[C@H]1CCCN(S(C)(=O)=O)C1. The molecule has 4 aromatic carbocycles. The number of sulfonamides is 2. The third-order valence-corrected chi connectivity index (χ3v) is 13.6. The fourth-order valence-electron chi connectivity index (χ4n) is 7.25. The number of benzene rings is 4. The molecule has 2 aliphatic rings. The van der Waals surface area contributed by atoms with Crippen molar-refractivity contribution in [3.63, 3.8) is 0 Å². The molecule has 2 saturated heterocycles. The van der Waals surface area contributed by atoms with Crippen LogP contribution in [0.3, 0.4) is 0 Å². The minimum absolute atomic E-state index is 0.00761. The highest BCUT2D eigenvalue weighted by molar-refractivity contribution is 7.88. The molecule has 16 nitrogen and oxygen atoms in total. The van der Waals surface area contributed by atoms with E-state index in [0.717, 1.165) is 0 Å². The molecular formula is C42H44Cl2F2N8O8S2. The van der Waals surface area contributed by atoms with Gasteiger partial charge in [-0.1, -0.05) is 35.3 Å². The second-order valence-corrected chi connectivity index (χ2v) is 19.7. The first-order valence-electron chi connectivity index (χ1n) is 19.8. The number of rotatable bonds is 12. The lowest BCUT2D eigenvalue weighted by Crippen LogP contribution is -2.43. The topological polar surface area (TPSA) is 187 Å². The molecule has 0 bridgehead atoms. The molecule has 4 heterocycles. The first kappa shape index (κ1) is 46.6. The van der Waals surface area contributed by atoms with Crippen LogP contribution < -0.4 is 29.6 Å². The monoisotopic (exact) mass is 960 g/mol. The summed E-state index contributed by atoms with van der Waals surface area (Å²) in [6.07, 6.45) is 7.22. The van der Waals surface area contributed by atoms with Crippen molar-refractivity contribution in [2.45, 2.75) is 37.9 Å². The van der Waals surface area contributed by atoms with Crippen molar-refractivity contribution in [1.29, 1.82) is 0 Å². The predicted octanol–water partition coefficient (Wildman–Crippen LogP) is 7.95. The summed E-state index contributed by atoms with van der Waals surface area (Å²) in [7, 11) is -3.58. The van der Waals surface area contributed by atoms with Crippen LogP contribution in [0.25, 0.3) is 21.8 Å². The summed E-state index contributed by atoms with van der Waals surface area (Å²) in [5.41, 5.74) is 1.48. The molecular weight excluding hydrogens is 918 g/mol. The van der Waals surface area contributed by atoms with Crippen LogP contribution in [0.5, 0.6) is 23.0 Å². The van der Waals surface area contributed by atoms with Gasteiger partial charge in [-0.2, -0.15) is 8.61 Å². The Morgan fingerprint density at radius 2 is 1.03 bits per heavy atom. The van der Waals surface area contributed by atoms with Crippen molar-refractivity contribution in [2.75, 3.05) is 63.5 Å². The Morgan fingerprint density at radius 1 is 0.625 bits per heavy atom. The molecule has 2 aromatic heterocycles. The van der Waals surface area contributed by atoms with Crippen LogP contribution in [0.4, 0.5) is 31.8 Å². The Bertz CT molecular complexity index is 2710. The van der Waals surface area contributed by atoms with E-state index in [-0.39, 0.29) is 46.7 Å². The van der Waals surface area contributed by atoms with E-state index in [1.54, 1.807) is 48.5 Å². The van der Waals surface area contributed by atoms with Gasteiger partial charge in [-0.15, -0.1) is 0 Å². The summed E-state index contributed by atoms with van der Waals surface area (Å²) in [6.45, 7) is 1.45. The highest BCUT2D eigenvalue weighted by Crippen LogP contribution is 2.39. The largest absolute Gasteiger partial charge is 0.493 e. The highest BCUT2D eigenvalue weighted by atomic mass is 35.5. The standard InChI is InChI=1S/2C21H22ClFN4O4S/c2*1-30-18-10-17-14(9-19(18)31-13-5-4-8-27(11-13)32(2,28)29)21(25-12-24-17)26-16-7-3-6-15(22)20(16)23/h2*3,6-7,9-10,12-13H,4-5,8,11H2,1-2H3,(H,24,25,26)/t2*13-/m10/s1. The number of ether oxygens (including phenoxy) is 4. The molecule has 0 amide bonds. The van der Waals surface area contributed by atoms with Crippen molar-refractivity contribution in [1.82, 2.24) is 28.5 Å². The zero-order valence-corrected chi connectivity index (χ0v) is 38.2. The van der Waals surface area contributed by atoms with Crippen molar-refractivity contribution in [3.8, 4) is 23.0 Å². The number of nitrogens with one attached hydrogen (secondary N) is 2. The summed E-state index contributed by atoms with van der Waals surface area (Å²) >= 11 is 11.8. The van der Waals surface area contributed by atoms with Gasteiger partial charge in [0, 0.05) is 36.0 Å².